The van der Waals surface area contributed by atoms with Crippen LogP contribution in [-0.2, 0) is 0 Å². The molecule has 2 aliphatic carbocycles. The van der Waals surface area contributed by atoms with E-state index in [1.165, 1.54) is 38.2 Å². The molecule has 1 aromatic carbocycles. The lowest BCUT2D eigenvalue weighted by Crippen LogP contribution is -2.31. The van der Waals surface area contributed by atoms with Crippen LogP contribution in [0.3, 0.4) is 0 Å². The third-order valence-corrected chi connectivity index (χ3v) is 6.28. The van der Waals surface area contributed by atoms with E-state index in [0.29, 0.717) is 6.04 Å². The first-order valence-electron chi connectivity index (χ1n) is 7.80. The fourth-order valence-electron chi connectivity index (χ4n) is 4.05. The van der Waals surface area contributed by atoms with Gasteiger partial charge in [0.15, 0.2) is 0 Å². The van der Waals surface area contributed by atoms with E-state index in [9.17, 15) is 4.39 Å². The van der Waals surface area contributed by atoms with Crippen molar-refractivity contribution in [3.05, 3.63) is 30.1 Å². The first-order valence-corrected chi connectivity index (χ1v) is 8.78. The van der Waals surface area contributed by atoms with Crippen LogP contribution in [0.15, 0.2) is 29.2 Å². The molecule has 0 saturated heterocycles. The fourth-order valence-corrected chi connectivity index (χ4v) is 5.12. The van der Waals surface area contributed by atoms with Gasteiger partial charge in [0.1, 0.15) is 5.82 Å². The van der Waals surface area contributed by atoms with E-state index in [1.807, 2.05) is 6.07 Å². The monoisotopic (exact) mass is 293 g/mol. The molecule has 20 heavy (non-hydrogen) atoms. The molecule has 2 fully saturated rings. The van der Waals surface area contributed by atoms with Crippen LogP contribution in [0.4, 0.5) is 4.39 Å². The average Bonchev–Trinajstić information content (AvgIpc) is 3.06. The number of fused-ring (bicyclic) bond motifs is 2. The maximum absolute atomic E-state index is 13.2. The summed E-state index contributed by atoms with van der Waals surface area (Å²) in [7, 11) is 2.06. The van der Waals surface area contributed by atoms with Gasteiger partial charge >= 0.3 is 0 Å². The summed E-state index contributed by atoms with van der Waals surface area (Å²) in [5, 5.41) is 3.46. The number of thioether (sulfide) groups is 1. The summed E-state index contributed by atoms with van der Waals surface area (Å²) in [4.78, 5) is 1.04. The van der Waals surface area contributed by atoms with Gasteiger partial charge in [0, 0.05) is 16.7 Å². The lowest BCUT2D eigenvalue weighted by molar-refractivity contribution is 0.290. The van der Waals surface area contributed by atoms with E-state index < -0.39 is 0 Å². The predicted molar refractivity (Wildman–Crippen MR) is 83.5 cm³/mol. The van der Waals surface area contributed by atoms with Gasteiger partial charge in [0.2, 0.25) is 0 Å². The van der Waals surface area contributed by atoms with Crippen molar-refractivity contribution in [3.63, 3.8) is 0 Å². The van der Waals surface area contributed by atoms with Crippen molar-refractivity contribution in [1.29, 1.82) is 0 Å². The zero-order chi connectivity index (χ0) is 13.9. The maximum atomic E-state index is 13.2. The molecular formula is C17H24FNS. The van der Waals surface area contributed by atoms with Crippen LogP contribution in [0.5, 0.6) is 0 Å². The van der Waals surface area contributed by atoms with Gasteiger partial charge in [-0.1, -0.05) is 12.5 Å². The van der Waals surface area contributed by atoms with E-state index in [-0.39, 0.29) is 5.82 Å². The van der Waals surface area contributed by atoms with Crippen molar-refractivity contribution in [1.82, 2.24) is 5.32 Å². The summed E-state index contributed by atoms with van der Waals surface area (Å²) < 4.78 is 13.2. The summed E-state index contributed by atoms with van der Waals surface area (Å²) in [6.07, 6.45) is 7.16. The van der Waals surface area contributed by atoms with Crippen molar-refractivity contribution < 1.29 is 4.39 Å². The Bertz CT molecular complexity index is 450. The van der Waals surface area contributed by atoms with E-state index in [4.69, 9.17) is 0 Å². The second-order valence-electron chi connectivity index (χ2n) is 6.42. The maximum Gasteiger partial charge on any atom is 0.124 e. The largest absolute Gasteiger partial charge is 0.316 e. The van der Waals surface area contributed by atoms with E-state index in [0.717, 1.165) is 28.4 Å². The average molecular weight is 293 g/mol. The molecule has 3 rings (SSSR count). The molecular weight excluding hydrogens is 269 g/mol. The Morgan fingerprint density at radius 2 is 2.25 bits per heavy atom. The van der Waals surface area contributed by atoms with Gasteiger partial charge in [0.25, 0.3) is 0 Å². The molecule has 2 aliphatic rings. The van der Waals surface area contributed by atoms with Gasteiger partial charge in [-0.25, -0.2) is 4.39 Å². The highest BCUT2D eigenvalue weighted by Crippen LogP contribution is 2.50. The summed E-state index contributed by atoms with van der Waals surface area (Å²) in [6, 6.07) is 7.48. The summed E-state index contributed by atoms with van der Waals surface area (Å²) in [6.45, 7) is 0. The Hall–Kier alpha value is -0.540. The molecule has 110 valence electrons. The van der Waals surface area contributed by atoms with Crippen molar-refractivity contribution in [2.24, 2.45) is 17.8 Å². The number of rotatable bonds is 6. The minimum atomic E-state index is -0.135. The highest BCUT2D eigenvalue weighted by Gasteiger charge is 2.39. The number of halogens is 1. The van der Waals surface area contributed by atoms with Crippen LogP contribution in [0.1, 0.15) is 32.1 Å². The van der Waals surface area contributed by atoms with Gasteiger partial charge in [-0.2, -0.15) is 0 Å². The SMILES string of the molecule is CNC(CSc1cccc(F)c1)CC1CC2CCC1C2. The zero-order valence-corrected chi connectivity index (χ0v) is 13.0. The lowest BCUT2D eigenvalue weighted by atomic mass is 9.84. The molecule has 3 heteroatoms. The van der Waals surface area contributed by atoms with Crippen molar-refractivity contribution in [3.8, 4) is 0 Å². The molecule has 4 unspecified atom stereocenters. The predicted octanol–water partition coefficient (Wildman–Crippen LogP) is 4.33. The molecule has 2 bridgehead atoms. The van der Waals surface area contributed by atoms with Crippen LogP contribution < -0.4 is 5.32 Å². The Balaban J connectivity index is 1.50. The van der Waals surface area contributed by atoms with Gasteiger partial charge < -0.3 is 5.32 Å². The van der Waals surface area contributed by atoms with E-state index >= 15 is 0 Å². The molecule has 1 N–H and O–H groups in total. The van der Waals surface area contributed by atoms with Crippen LogP contribution in [0, 0.1) is 23.6 Å². The smallest absolute Gasteiger partial charge is 0.124 e. The Morgan fingerprint density at radius 3 is 2.90 bits per heavy atom. The summed E-state index contributed by atoms with van der Waals surface area (Å²) in [5.41, 5.74) is 0. The quantitative estimate of drug-likeness (QED) is 0.783. The lowest BCUT2D eigenvalue weighted by Gasteiger charge is -2.26. The molecule has 0 heterocycles. The normalized spacial score (nSPS) is 29.8. The van der Waals surface area contributed by atoms with Crippen molar-refractivity contribution in [2.45, 2.75) is 43.0 Å². The summed E-state index contributed by atoms with van der Waals surface area (Å²) >= 11 is 1.77. The topological polar surface area (TPSA) is 12.0 Å². The Labute approximate surface area is 125 Å². The first kappa shape index (κ1) is 14.4. The van der Waals surface area contributed by atoms with Gasteiger partial charge in [0.05, 0.1) is 0 Å². The van der Waals surface area contributed by atoms with E-state index in [2.05, 4.69) is 12.4 Å². The number of hydrogen-bond donors (Lipinski definition) is 1. The molecule has 0 radical (unpaired) electrons. The third-order valence-electron chi connectivity index (χ3n) is 5.13. The number of benzene rings is 1. The molecule has 0 amide bonds. The standard InChI is InChI=1S/C17H24FNS/c1-19-16(9-14-8-12-5-6-13(14)7-12)11-20-17-4-2-3-15(18)10-17/h2-4,10,12-14,16,19H,5-9,11H2,1H3. The highest BCUT2D eigenvalue weighted by atomic mass is 32.2. The van der Waals surface area contributed by atoms with E-state index in [1.54, 1.807) is 23.9 Å². The molecule has 0 aromatic heterocycles. The van der Waals surface area contributed by atoms with Crippen molar-refractivity contribution >= 4 is 11.8 Å². The second kappa shape index (κ2) is 6.48. The molecule has 1 nitrogen and oxygen atoms in total. The number of hydrogen-bond acceptors (Lipinski definition) is 2. The molecule has 0 spiro atoms. The minimum Gasteiger partial charge on any atom is -0.316 e. The van der Waals surface area contributed by atoms with Gasteiger partial charge in [-0.05, 0) is 68.7 Å². The number of nitrogens with one attached hydrogen (secondary N) is 1. The Morgan fingerprint density at radius 1 is 1.35 bits per heavy atom. The molecule has 0 aliphatic heterocycles. The Kier molecular flexibility index (Phi) is 4.67. The minimum absolute atomic E-state index is 0.135. The third kappa shape index (κ3) is 3.37. The van der Waals surface area contributed by atoms with Crippen LogP contribution >= 0.6 is 11.8 Å². The van der Waals surface area contributed by atoms with Gasteiger partial charge in [-0.3, -0.25) is 0 Å². The zero-order valence-electron chi connectivity index (χ0n) is 12.1. The molecule has 2 saturated carbocycles. The van der Waals surface area contributed by atoms with Gasteiger partial charge in [-0.15, -0.1) is 11.8 Å². The molecule has 1 aromatic rings. The first-order chi connectivity index (χ1) is 9.74. The van der Waals surface area contributed by atoms with Crippen LogP contribution in [-0.4, -0.2) is 18.8 Å². The van der Waals surface area contributed by atoms with Crippen LogP contribution in [0.2, 0.25) is 0 Å². The highest BCUT2D eigenvalue weighted by molar-refractivity contribution is 7.99. The second-order valence-corrected chi connectivity index (χ2v) is 7.52. The molecule has 4 atom stereocenters. The summed E-state index contributed by atoms with van der Waals surface area (Å²) in [5.74, 6) is 3.85. The van der Waals surface area contributed by atoms with Crippen LogP contribution in [0.25, 0.3) is 0 Å². The van der Waals surface area contributed by atoms with Crippen molar-refractivity contribution in [2.75, 3.05) is 12.8 Å². The fraction of sp³-hybridized carbons (Fsp3) is 0.647.